The van der Waals surface area contributed by atoms with Gasteiger partial charge in [0.15, 0.2) is 5.13 Å². The minimum absolute atomic E-state index is 0.270. The quantitative estimate of drug-likeness (QED) is 0.817. The molecule has 0 aliphatic carbocycles. The van der Waals surface area contributed by atoms with E-state index >= 15 is 0 Å². The van der Waals surface area contributed by atoms with Crippen molar-refractivity contribution in [3.8, 4) is 0 Å². The molecule has 86 valence electrons. The third-order valence-corrected chi connectivity index (χ3v) is 2.84. The Labute approximate surface area is 92.1 Å². The van der Waals surface area contributed by atoms with Gasteiger partial charge in [-0.25, -0.2) is 13.8 Å². The highest BCUT2D eigenvalue weighted by Crippen LogP contribution is 2.19. The molecule has 1 rings (SSSR count). The first-order valence-electron chi connectivity index (χ1n) is 4.78. The number of rotatable bonds is 6. The molecule has 1 N–H and O–H groups in total. The fourth-order valence-corrected chi connectivity index (χ4v) is 1.89. The van der Waals surface area contributed by atoms with Gasteiger partial charge in [-0.05, 0) is 6.54 Å². The lowest BCUT2D eigenvalue weighted by Crippen LogP contribution is -2.24. The molecule has 0 saturated heterocycles. The molecule has 0 unspecified atom stereocenters. The normalized spacial score (nSPS) is 11.0. The first kappa shape index (κ1) is 12.3. The molecule has 0 radical (unpaired) electrons. The Morgan fingerprint density at radius 1 is 1.60 bits per heavy atom. The average Bonchev–Trinajstić information content (AvgIpc) is 2.62. The van der Waals surface area contributed by atoms with E-state index in [1.165, 1.54) is 16.2 Å². The van der Waals surface area contributed by atoms with Gasteiger partial charge in [-0.3, -0.25) is 0 Å². The molecule has 0 bridgehead atoms. The lowest BCUT2D eigenvalue weighted by atomic mass is 10.5. The zero-order valence-corrected chi connectivity index (χ0v) is 9.65. The van der Waals surface area contributed by atoms with E-state index in [0.29, 0.717) is 11.7 Å². The van der Waals surface area contributed by atoms with Gasteiger partial charge in [0.1, 0.15) is 0 Å². The smallest absolute Gasteiger partial charge is 0.255 e. The second-order valence-corrected chi connectivity index (χ2v) is 4.01. The van der Waals surface area contributed by atoms with Gasteiger partial charge in [0.25, 0.3) is 6.43 Å². The topological polar surface area (TPSA) is 28.2 Å². The minimum atomic E-state index is -2.32. The third kappa shape index (κ3) is 4.09. The summed E-state index contributed by atoms with van der Waals surface area (Å²) in [5, 5.41) is 5.67. The molecule has 0 saturated carbocycles. The fraction of sp³-hybridized carbons (Fsp3) is 0.667. The van der Waals surface area contributed by atoms with Crippen LogP contribution in [0, 0.1) is 0 Å². The van der Waals surface area contributed by atoms with Crippen LogP contribution in [0.3, 0.4) is 0 Å². The highest BCUT2D eigenvalue weighted by atomic mass is 32.1. The number of aromatic nitrogens is 1. The van der Waals surface area contributed by atoms with Crippen molar-refractivity contribution in [2.45, 2.75) is 19.9 Å². The second-order valence-electron chi connectivity index (χ2n) is 3.17. The van der Waals surface area contributed by atoms with Crippen LogP contribution in [-0.2, 0) is 6.54 Å². The van der Waals surface area contributed by atoms with Crippen molar-refractivity contribution in [1.29, 1.82) is 0 Å². The second kappa shape index (κ2) is 5.97. The molecule has 6 heteroatoms. The summed E-state index contributed by atoms with van der Waals surface area (Å²) in [5.41, 5.74) is 0.901. The molecular formula is C9H15F2N3S. The lowest BCUT2D eigenvalue weighted by Gasteiger charge is -2.14. The summed E-state index contributed by atoms with van der Waals surface area (Å²) in [6.45, 7) is 3.31. The molecule has 1 aromatic rings. The van der Waals surface area contributed by atoms with Gasteiger partial charge < -0.3 is 10.2 Å². The van der Waals surface area contributed by atoms with Gasteiger partial charge in [0, 0.05) is 19.0 Å². The summed E-state index contributed by atoms with van der Waals surface area (Å²) in [6, 6.07) is 0. The van der Waals surface area contributed by atoms with Crippen molar-refractivity contribution in [2.24, 2.45) is 0 Å². The van der Waals surface area contributed by atoms with E-state index in [9.17, 15) is 8.78 Å². The van der Waals surface area contributed by atoms with E-state index in [1.807, 2.05) is 12.3 Å². The SMILES string of the molecule is CCNCc1csc(N(C)CC(F)F)n1. The zero-order chi connectivity index (χ0) is 11.3. The maximum atomic E-state index is 12.1. The number of thiazole rings is 1. The summed E-state index contributed by atoms with van der Waals surface area (Å²) in [7, 11) is 1.63. The average molecular weight is 235 g/mol. The monoisotopic (exact) mass is 235 g/mol. The van der Waals surface area contributed by atoms with Crippen molar-refractivity contribution in [2.75, 3.05) is 25.0 Å². The maximum absolute atomic E-state index is 12.1. The van der Waals surface area contributed by atoms with Crippen LogP contribution in [-0.4, -0.2) is 31.5 Å². The van der Waals surface area contributed by atoms with Crippen molar-refractivity contribution in [3.63, 3.8) is 0 Å². The van der Waals surface area contributed by atoms with Crippen LogP contribution >= 0.6 is 11.3 Å². The Morgan fingerprint density at radius 3 is 2.93 bits per heavy atom. The first-order valence-corrected chi connectivity index (χ1v) is 5.65. The largest absolute Gasteiger partial charge is 0.345 e. The molecule has 0 fully saturated rings. The molecule has 0 amide bonds. The predicted octanol–water partition coefficient (Wildman–Crippen LogP) is 1.95. The molecule has 1 heterocycles. The van der Waals surface area contributed by atoms with Crippen molar-refractivity contribution >= 4 is 16.5 Å². The zero-order valence-electron chi connectivity index (χ0n) is 8.83. The van der Waals surface area contributed by atoms with Gasteiger partial charge >= 0.3 is 0 Å². The molecule has 0 aromatic carbocycles. The standard InChI is InChI=1S/C9H15F2N3S/c1-3-12-4-7-6-15-9(13-7)14(2)5-8(10)11/h6,8,12H,3-5H2,1-2H3. The number of nitrogens with one attached hydrogen (secondary N) is 1. The van der Waals surface area contributed by atoms with E-state index in [0.717, 1.165) is 12.2 Å². The van der Waals surface area contributed by atoms with Gasteiger partial charge in [-0.1, -0.05) is 6.92 Å². The van der Waals surface area contributed by atoms with Gasteiger partial charge in [-0.15, -0.1) is 11.3 Å². The predicted molar refractivity (Wildman–Crippen MR) is 58.8 cm³/mol. The van der Waals surface area contributed by atoms with Crippen LogP contribution in [0.25, 0.3) is 0 Å². The Balaban J connectivity index is 2.51. The van der Waals surface area contributed by atoms with Gasteiger partial charge in [0.05, 0.1) is 12.2 Å². The van der Waals surface area contributed by atoms with E-state index in [4.69, 9.17) is 0 Å². The number of hydrogen-bond acceptors (Lipinski definition) is 4. The summed E-state index contributed by atoms with van der Waals surface area (Å²) in [4.78, 5) is 5.73. The van der Waals surface area contributed by atoms with Crippen molar-refractivity contribution in [1.82, 2.24) is 10.3 Å². The molecule has 0 aliphatic heterocycles. The Bertz CT molecular complexity index is 291. The number of nitrogens with zero attached hydrogens (tertiary/aromatic N) is 2. The highest BCUT2D eigenvalue weighted by molar-refractivity contribution is 7.13. The van der Waals surface area contributed by atoms with Crippen LogP contribution in [0.1, 0.15) is 12.6 Å². The fourth-order valence-electron chi connectivity index (χ4n) is 1.09. The van der Waals surface area contributed by atoms with E-state index in [1.54, 1.807) is 7.05 Å². The van der Waals surface area contributed by atoms with E-state index in [-0.39, 0.29) is 6.54 Å². The summed E-state index contributed by atoms with van der Waals surface area (Å²) >= 11 is 1.39. The van der Waals surface area contributed by atoms with Crippen LogP contribution in [0.5, 0.6) is 0 Å². The van der Waals surface area contributed by atoms with Gasteiger partial charge in [0.2, 0.25) is 0 Å². The molecule has 1 aromatic heterocycles. The van der Waals surface area contributed by atoms with Crippen LogP contribution in [0.2, 0.25) is 0 Å². The Kier molecular flexibility index (Phi) is 4.90. The molecule has 0 aliphatic rings. The third-order valence-electron chi connectivity index (χ3n) is 1.83. The van der Waals surface area contributed by atoms with E-state index < -0.39 is 6.43 Å². The van der Waals surface area contributed by atoms with E-state index in [2.05, 4.69) is 10.3 Å². The summed E-state index contributed by atoms with van der Waals surface area (Å²) in [5.74, 6) is 0. The Morgan fingerprint density at radius 2 is 2.33 bits per heavy atom. The van der Waals surface area contributed by atoms with Crippen LogP contribution < -0.4 is 10.2 Å². The minimum Gasteiger partial charge on any atom is -0.345 e. The van der Waals surface area contributed by atoms with Crippen molar-refractivity contribution in [3.05, 3.63) is 11.1 Å². The summed E-state index contributed by atoms with van der Waals surface area (Å²) in [6.07, 6.45) is -2.32. The van der Waals surface area contributed by atoms with Crippen LogP contribution in [0.4, 0.5) is 13.9 Å². The lowest BCUT2D eigenvalue weighted by molar-refractivity contribution is 0.156. The van der Waals surface area contributed by atoms with Crippen LogP contribution in [0.15, 0.2) is 5.38 Å². The molecule has 0 spiro atoms. The maximum Gasteiger partial charge on any atom is 0.255 e. The highest BCUT2D eigenvalue weighted by Gasteiger charge is 2.11. The molecule has 15 heavy (non-hydrogen) atoms. The number of anilines is 1. The number of alkyl halides is 2. The summed E-state index contributed by atoms with van der Waals surface area (Å²) < 4.78 is 24.2. The molecular weight excluding hydrogens is 220 g/mol. The number of hydrogen-bond donors (Lipinski definition) is 1. The molecule has 0 atom stereocenters. The number of halogens is 2. The van der Waals surface area contributed by atoms with Crippen molar-refractivity contribution < 1.29 is 8.78 Å². The van der Waals surface area contributed by atoms with Gasteiger partial charge in [-0.2, -0.15) is 0 Å². The first-order chi connectivity index (χ1) is 7.13. The molecule has 3 nitrogen and oxygen atoms in total. The Hall–Kier alpha value is -0.750.